The number of aromatic nitrogens is 2. The first kappa shape index (κ1) is 18.2. The molecule has 0 radical (unpaired) electrons. The van der Waals surface area contributed by atoms with Crippen molar-refractivity contribution < 1.29 is 14.3 Å². The van der Waals surface area contributed by atoms with Gasteiger partial charge in [-0.1, -0.05) is 24.3 Å². The maximum Gasteiger partial charge on any atom is 0.323 e. The molecule has 2 amide bonds. The van der Waals surface area contributed by atoms with Gasteiger partial charge in [0.15, 0.2) is 0 Å². The van der Waals surface area contributed by atoms with Gasteiger partial charge in [-0.15, -0.1) is 10.2 Å². The molecule has 0 fully saturated rings. The summed E-state index contributed by atoms with van der Waals surface area (Å²) in [6, 6.07) is 17.8. The van der Waals surface area contributed by atoms with Crippen molar-refractivity contribution in [3.8, 4) is 22.9 Å². The summed E-state index contributed by atoms with van der Waals surface area (Å²) in [5, 5.41) is 13.7. The number of urea groups is 1. The Kier molecular flexibility index (Phi) is 5.84. The summed E-state index contributed by atoms with van der Waals surface area (Å²) in [6.07, 6.45) is 0. The Morgan fingerprint density at radius 3 is 2.41 bits per heavy atom. The molecule has 0 saturated heterocycles. The van der Waals surface area contributed by atoms with E-state index >= 15 is 0 Å². The highest BCUT2D eigenvalue weighted by atomic mass is 16.5. The summed E-state index contributed by atoms with van der Waals surface area (Å²) in [4.78, 5) is 12.2. The van der Waals surface area contributed by atoms with Gasteiger partial charge in [0.05, 0.1) is 25.1 Å². The van der Waals surface area contributed by atoms with Gasteiger partial charge in [-0.3, -0.25) is 0 Å². The zero-order chi connectivity index (χ0) is 19.1. The minimum Gasteiger partial charge on any atom is -0.495 e. The molecule has 3 rings (SSSR count). The van der Waals surface area contributed by atoms with E-state index in [9.17, 15) is 4.79 Å². The molecule has 0 aliphatic heterocycles. The van der Waals surface area contributed by atoms with Crippen molar-refractivity contribution in [2.75, 3.05) is 24.4 Å². The minimum atomic E-state index is -0.354. The van der Waals surface area contributed by atoms with Crippen LogP contribution in [0.2, 0.25) is 0 Å². The van der Waals surface area contributed by atoms with Crippen LogP contribution >= 0.6 is 0 Å². The third kappa shape index (κ3) is 4.72. The second-order valence-corrected chi connectivity index (χ2v) is 5.55. The van der Waals surface area contributed by atoms with E-state index < -0.39 is 0 Å². The number of rotatable bonds is 6. The molecule has 0 spiro atoms. The first-order chi connectivity index (χ1) is 13.2. The third-order valence-electron chi connectivity index (χ3n) is 3.73. The number of hydrogen-bond donors (Lipinski definition) is 2. The number of carbonyl (C=O) groups excluding carboxylic acids is 1. The molecule has 0 aliphatic carbocycles. The summed E-state index contributed by atoms with van der Waals surface area (Å²) >= 11 is 0. The Morgan fingerprint density at radius 2 is 1.74 bits per heavy atom. The van der Waals surface area contributed by atoms with Gasteiger partial charge in [0.25, 0.3) is 0 Å². The first-order valence-electron chi connectivity index (χ1n) is 8.47. The predicted molar refractivity (Wildman–Crippen MR) is 104 cm³/mol. The monoisotopic (exact) mass is 364 g/mol. The van der Waals surface area contributed by atoms with Gasteiger partial charge in [-0.25, -0.2) is 4.79 Å². The molecule has 0 aliphatic rings. The number of nitrogens with zero attached hydrogens (tertiary/aromatic N) is 2. The highest BCUT2D eigenvalue weighted by Crippen LogP contribution is 2.24. The maximum absolute atomic E-state index is 12.2. The minimum absolute atomic E-state index is 0.354. The van der Waals surface area contributed by atoms with Crippen LogP contribution in [0.15, 0.2) is 60.7 Å². The largest absolute Gasteiger partial charge is 0.495 e. The predicted octanol–water partition coefficient (Wildman–Crippen LogP) is 4.19. The van der Waals surface area contributed by atoms with Crippen molar-refractivity contribution >= 4 is 17.4 Å². The van der Waals surface area contributed by atoms with Crippen molar-refractivity contribution in [1.29, 1.82) is 0 Å². The standard InChI is InChI=1S/C20H20N4O3/c1-3-27-19-13-12-16(23-24-19)14-8-10-15(11-9-14)21-20(25)22-17-6-4-5-7-18(17)26-2/h4-13H,3H2,1-2H3,(H2,21,22,25). The summed E-state index contributed by atoms with van der Waals surface area (Å²) < 4.78 is 10.5. The fraction of sp³-hybridized carbons (Fsp3) is 0.150. The Morgan fingerprint density at radius 1 is 0.963 bits per heavy atom. The van der Waals surface area contributed by atoms with E-state index in [1.807, 2.05) is 37.3 Å². The molecule has 0 bridgehead atoms. The molecule has 1 heterocycles. The van der Waals surface area contributed by atoms with Gasteiger partial charge in [-0.2, -0.15) is 0 Å². The van der Waals surface area contributed by atoms with Crippen LogP contribution in [0, 0.1) is 0 Å². The number of anilines is 2. The number of nitrogens with one attached hydrogen (secondary N) is 2. The quantitative estimate of drug-likeness (QED) is 0.685. The molecule has 138 valence electrons. The number of hydrogen-bond acceptors (Lipinski definition) is 5. The van der Waals surface area contributed by atoms with E-state index in [4.69, 9.17) is 9.47 Å². The van der Waals surface area contributed by atoms with Gasteiger partial charge < -0.3 is 20.1 Å². The number of amides is 2. The zero-order valence-corrected chi connectivity index (χ0v) is 15.1. The van der Waals surface area contributed by atoms with E-state index in [0.717, 1.165) is 11.3 Å². The molecule has 1 aromatic heterocycles. The Balaban J connectivity index is 1.64. The van der Waals surface area contributed by atoms with Gasteiger partial charge in [0.1, 0.15) is 5.75 Å². The van der Waals surface area contributed by atoms with Crippen molar-refractivity contribution in [2.45, 2.75) is 6.92 Å². The first-order valence-corrected chi connectivity index (χ1v) is 8.47. The van der Waals surface area contributed by atoms with Gasteiger partial charge in [0.2, 0.25) is 5.88 Å². The number of methoxy groups -OCH3 is 1. The normalized spacial score (nSPS) is 10.1. The summed E-state index contributed by atoms with van der Waals surface area (Å²) in [6.45, 7) is 2.44. The van der Waals surface area contributed by atoms with E-state index in [2.05, 4.69) is 20.8 Å². The molecule has 0 atom stereocenters. The smallest absolute Gasteiger partial charge is 0.323 e. The van der Waals surface area contributed by atoms with Crippen LogP contribution in [0.1, 0.15) is 6.92 Å². The van der Waals surface area contributed by atoms with Gasteiger partial charge >= 0.3 is 6.03 Å². The van der Waals surface area contributed by atoms with Crippen LogP contribution in [0.4, 0.5) is 16.2 Å². The van der Waals surface area contributed by atoms with Crippen molar-refractivity contribution in [1.82, 2.24) is 10.2 Å². The number of carbonyl (C=O) groups is 1. The Bertz CT molecular complexity index is 896. The summed E-state index contributed by atoms with van der Waals surface area (Å²) in [5.41, 5.74) is 2.87. The van der Waals surface area contributed by atoms with Crippen LogP contribution in [0.5, 0.6) is 11.6 Å². The lowest BCUT2D eigenvalue weighted by atomic mass is 10.1. The SMILES string of the molecule is CCOc1ccc(-c2ccc(NC(=O)Nc3ccccc3OC)cc2)nn1. The lowest BCUT2D eigenvalue weighted by Crippen LogP contribution is -2.19. The highest BCUT2D eigenvalue weighted by molar-refractivity contribution is 6.00. The molecule has 0 saturated carbocycles. The molecular weight excluding hydrogens is 344 g/mol. The molecule has 2 aromatic carbocycles. The van der Waals surface area contributed by atoms with E-state index in [-0.39, 0.29) is 6.03 Å². The average molecular weight is 364 g/mol. The van der Waals surface area contributed by atoms with Crippen LogP contribution in [-0.4, -0.2) is 29.9 Å². The second kappa shape index (κ2) is 8.66. The molecular formula is C20H20N4O3. The van der Waals surface area contributed by atoms with Crippen LogP contribution in [0.25, 0.3) is 11.3 Å². The fourth-order valence-corrected chi connectivity index (χ4v) is 2.46. The van der Waals surface area contributed by atoms with E-state index in [0.29, 0.717) is 29.6 Å². The molecule has 7 heteroatoms. The number of benzene rings is 2. The molecule has 27 heavy (non-hydrogen) atoms. The second-order valence-electron chi connectivity index (χ2n) is 5.55. The topological polar surface area (TPSA) is 85.4 Å². The van der Waals surface area contributed by atoms with Crippen LogP contribution < -0.4 is 20.1 Å². The lowest BCUT2D eigenvalue weighted by molar-refractivity contribution is 0.262. The van der Waals surface area contributed by atoms with Crippen LogP contribution in [0.3, 0.4) is 0 Å². The maximum atomic E-state index is 12.2. The van der Waals surface area contributed by atoms with Gasteiger partial charge in [0, 0.05) is 17.3 Å². The van der Waals surface area contributed by atoms with E-state index in [1.165, 1.54) is 0 Å². The van der Waals surface area contributed by atoms with Gasteiger partial charge in [-0.05, 0) is 37.3 Å². The molecule has 3 aromatic rings. The zero-order valence-electron chi connectivity index (χ0n) is 15.1. The van der Waals surface area contributed by atoms with E-state index in [1.54, 1.807) is 37.4 Å². The molecule has 0 unspecified atom stereocenters. The Labute approximate surface area is 157 Å². The highest BCUT2D eigenvalue weighted by Gasteiger charge is 2.07. The molecule has 7 nitrogen and oxygen atoms in total. The Hall–Kier alpha value is -3.61. The molecule has 2 N–H and O–H groups in total. The summed E-state index contributed by atoms with van der Waals surface area (Å²) in [5.74, 6) is 1.09. The third-order valence-corrected chi connectivity index (χ3v) is 3.73. The van der Waals surface area contributed by atoms with Crippen molar-refractivity contribution in [2.24, 2.45) is 0 Å². The van der Waals surface area contributed by atoms with Crippen molar-refractivity contribution in [3.05, 3.63) is 60.7 Å². The average Bonchev–Trinajstić information content (AvgIpc) is 2.70. The number of ether oxygens (including phenoxy) is 2. The van der Waals surface area contributed by atoms with Crippen LogP contribution in [-0.2, 0) is 0 Å². The fourth-order valence-electron chi connectivity index (χ4n) is 2.46. The lowest BCUT2D eigenvalue weighted by Gasteiger charge is -2.11. The summed E-state index contributed by atoms with van der Waals surface area (Å²) in [7, 11) is 1.56. The number of para-hydroxylation sites is 2. The van der Waals surface area contributed by atoms with Crippen molar-refractivity contribution in [3.63, 3.8) is 0 Å².